The number of nitrogens with one attached hydrogen (secondary N) is 1. The highest BCUT2D eigenvalue weighted by atomic mass is 14.9. The van der Waals surface area contributed by atoms with Gasteiger partial charge in [-0.25, -0.2) is 0 Å². The third-order valence-corrected chi connectivity index (χ3v) is 3.37. The Morgan fingerprint density at radius 2 is 1.86 bits per heavy atom. The van der Waals surface area contributed by atoms with Crippen LogP contribution >= 0.6 is 0 Å². The molecule has 1 aliphatic rings. The van der Waals surface area contributed by atoms with E-state index in [1.165, 1.54) is 57.8 Å². The molecule has 84 valence electrons. The van der Waals surface area contributed by atoms with Gasteiger partial charge in [0.05, 0.1) is 0 Å². The predicted molar refractivity (Wildman–Crippen MR) is 63.6 cm³/mol. The van der Waals surface area contributed by atoms with Gasteiger partial charge in [0.2, 0.25) is 0 Å². The fraction of sp³-hybridized carbons (Fsp3) is 1.00. The lowest BCUT2D eigenvalue weighted by Crippen LogP contribution is -2.37. The maximum Gasteiger partial charge on any atom is 0.00695 e. The van der Waals surface area contributed by atoms with E-state index in [1.54, 1.807) is 0 Å². The number of hydrogen-bond acceptors (Lipinski definition) is 1. The normalized spacial score (nSPS) is 21.0. The monoisotopic (exact) mass is 197 g/mol. The van der Waals surface area contributed by atoms with Crippen LogP contribution in [0.25, 0.3) is 0 Å². The highest BCUT2D eigenvalue weighted by Gasteiger charge is 2.14. The molecule has 0 heterocycles. The molecule has 1 rings (SSSR count). The Balaban J connectivity index is 2.03. The molecule has 0 aliphatic heterocycles. The van der Waals surface area contributed by atoms with E-state index in [-0.39, 0.29) is 0 Å². The second-order valence-electron chi connectivity index (χ2n) is 4.90. The van der Waals surface area contributed by atoms with Crippen LogP contribution in [0.1, 0.15) is 71.6 Å². The molecular formula is C13H27N. The van der Waals surface area contributed by atoms with E-state index >= 15 is 0 Å². The van der Waals surface area contributed by atoms with E-state index in [2.05, 4.69) is 19.2 Å². The molecular weight excluding hydrogens is 170 g/mol. The largest absolute Gasteiger partial charge is 0.312 e. The summed E-state index contributed by atoms with van der Waals surface area (Å²) in [5.41, 5.74) is 0. The van der Waals surface area contributed by atoms with Crippen LogP contribution in [0.3, 0.4) is 0 Å². The van der Waals surface area contributed by atoms with Gasteiger partial charge in [0.25, 0.3) is 0 Å². The lowest BCUT2D eigenvalue weighted by molar-refractivity contribution is 0.333. The van der Waals surface area contributed by atoms with E-state index < -0.39 is 0 Å². The van der Waals surface area contributed by atoms with Gasteiger partial charge in [0.15, 0.2) is 0 Å². The van der Waals surface area contributed by atoms with E-state index in [4.69, 9.17) is 0 Å². The first kappa shape index (κ1) is 12.0. The Morgan fingerprint density at radius 3 is 2.50 bits per heavy atom. The zero-order chi connectivity index (χ0) is 10.2. The van der Waals surface area contributed by atoms with E-state index in [9.17, 15) is 0 Å². The molecule has 0 bridgehead atoms. The first-order chi connectivity index (χ1) is 6.83. The predicted octanol–water partition coefficient (Wildman–Crippen LogP) is 3.88. The van der Waals surface area contributed by atoms with Crippen molar-refractivity contribution in [2.75, 3.05) is 0 Å². The fourth-order valence-electron chi connectivity index (χ4n) is 2.46. The average molecular weight is 197 g/mol. The standard InChI is InChI=1S/C13H27N/c1-3-4-6-9-12(2)14-13-10-7-5-8-11-13/h12-14H,3-11H2,1-2H3/t12-/m1/s1. The van der Waals surface area contributed by atoms with Crippen LogP contribution < -0.4 is 5.32 Å². The summed E-state index contributed by atoms with van der Waals surface area (Å²) < 4.78 is 0. The second kappa shape index (κ2) is 7.28. The summed E-state index contributed by atoms with van der Waals surface area (Å²) in [6.07, 6.45) is 12.7. The first-order valence-corrected chi connectivity index (χ1v) is 6.59. The molecule has 1 fully saturated rings. The van der Waals surface area contributed by atoms with Crippen molar-refractivity contribution in [2.45, 2.75) is 83.7 Å². The summed E-state index contributed by atoms with van der Waals surface area (Å²) in [7, 11) is 0. The van der Waals surface area contributed by atoms with Crippen LogP contribution in [0.2, 0.25) is 0 Å². The Hall–Kier alpha value is -0.0400. The summed E-state index contributed by atoms with van der Waals surface area (Å²) in [4.78, 5) is 0. The van der Waals surface area contributed by atoms with Crippen molar-refractivity contribution in [1.29, 1.82) is 0 Å². The molecule has 0 unspecified atom stereocenters. The summed E-state index contributed by atoms with van der Waals surface area (Å²) in [5.74, 6) is 0. The van der Waals surface area contributed by atoms with Crippen molar-refractivity contribution >= 4 is 0 Å². The minimum absolute atomic E-state index is 0.740. The quantitative estimate of drug-likeness (QED) is 0.637. The van der Waals surface area contributed by atoms with Gasteiger partial charge in [-0.15, -0.1) is 0 Å². The van der Waals surface area contributed by atoms with Gasteiger partial charge in [-0.1, -0.05) is 45.4 Å². The van der Waals surface area contributed by atoms with Crippen LogP contribution in [0.4, 0.5) is 0 Å². The Kier molecular flexibility index (Phi) is 6.25. The van der Waals surface area contributed by atoms with Gasteiger partial charge in [-0.05, 0) is 26.2 Å². The van der Waals surface area contributed by atoms with Crippen LogP contribution in [0.15, 0.2) is 0 Å². The number of unbranched alkanes of at least 4 members (excludes halogenated alkanes) is 2. The molecule has 1 N–H and O–H groups in total. The topological polar surface area (TPSA) is 12.0 Å². The molecule has 1 nitrogen and oxygen atoms in total. The molecule has 0 aromatic rings. The molecule has 0 aromatic carbocycles. The lowest BCUT2D eigenvalue weighted by Gasteiger charge is -2.26. The SMILES string of the molecule is CCCCC[C@@H](C)NC1CCCCC1. The molecule has 0 aromatic heterocycles. The van der Waals surface area contributed by atoms with Crippen molar-refractivity contribution in [3.8, 4) is 0 Å². The number of rotatable bonds is 6. The van der Waals surface area contributed by atoms with E-state index in [0.29, 0.717) is 0 Å². The average Bonchev–Trinajstić information content (AvgIpc) is 2.20. The Bertz CT molecular complexity index is 127. The molecule has 0 spiro atoms. The van der Waals surface area contributed by atoms with Gasteiger partial charge < -0.3 is 5.32 Å². The fourth-order valence-corrected chi connectivity index (χ4v) is 2.46. The van der Waals surface area contributed by atoms with Gasteiger partial charge in [0.1, 0.15) is 0 Å². The van der Waals surface area contributed by atoms with Gasteiger partial charge in [-0.2, -0.15) is 0 Å². The second-order valence-corrected chi connectivity index (χ2v) is 4.90. The van der Waals surface area contributed by atoms with E-state index in [1.807, 2.05) is 0 Å². The maximum atomic E-state index is 3.78. The van der Waals surface area contributed by atoms with Gasteiger partial charge >= 0.3 is 0 Å². The zero-order valence-corrected chi connectivity index (χ0v) is 10.0. The maximum absolute atomic E-state index is 3.78. The molecule has 14 heavy (non-hydrogen) atoms. The van der Waals surface area contributed by atoms with Crippen molar-refractivity contribution < 1.29 is 0 Å². The van der Waals surface area contributed by atoms with Crippen molar-refractivity contribution in [1.82, 2.24) is 5.32 Å². The molecule has 1 atom stereocenters. The smallest absolute Gasteiger partial charge is 0.00695 e. The minimum Gasteiger partial charge on any atom is -0.312 e. The van der Waals surface area contributed by atoms with Crippen LogP contribution in [-0.4, -0.2) is 12.1 Å². The third kappa shape index (κ3) is 4.99. The van der Waals surface area contributed by atoms with Crippen molar-refractivity contribution in [2.24, 2.45) is 0 Å². The minimum atomic E-state index is 0.740. The highest BCUT2D eigenvalue weighted by molar-refractivity contribution is 4.75. The molecule has 0 amide bonds. The third-order valence-electron chi connectivity index (χ3n) is 3.37. The van der Waals surface area contributed by atoms with Gasteiger partial charge in [-0.3, -0.25) is 0 Å². The first-order valence-electron chi connectivity index (χ1n) is 6.59. The van der Waals surface area contributed by atoms with Crippen LogP contribution in [0, 0.1) is 0 Å². The van der Waals surface area contributed by atoms with Crippen molar-refractivity contribution in [3.63, 3.8) is 0 Å². The molecule has 1 heteroatoms. The Labute approximate surface area is 89.7 Å². The van der Waals surface area contributed by atoms with Crippen LogP contribution in [0.5, 0.6) is 0 Å². The molecule has 1 aliphatic carbocycles. The van der Waals surface area contributed by atoms with Crippen molar-refractivity contribution in [3.05, 3.63) is 0 Å². The molecule has 1 saturated carbocycles. The summed E-state index contributed by atoms with van der Waals surface area (Å²) >= 11 is 0. The summed E-state index contributed by atoms with van der Waals surface area (Å²) in [6.45, 7) is 4.63. The lowest BCUT2D eigenvalue weighted by atomic mass is 9.94. The van der Waals surface area contributed by atoms with Gasteiger partial charge in [0, 0.05) is 12.1 Å². The molecule has 0 saturated heterocycles. The van der Waals surface area contributed by atoms with E-state index in [0.717, 1.165) is 12.1 Å². The zero-order valence-electron chi connectivity index (χ0n) is 10.0. The summed E-state index contributed by atoms with van der Waals surface area (Å²) in [6, 6.07) is 1.57. The Morgan fingerprint density at radius 1 is 1.14 bits per heavy atom. The number of hydrogen-bond donors (Lipinski definition) is 1. The van der Waals surface area contributed by atoms with Crippen LogP contribution in [-0.2, 0) is 0 Å². The summed E-state index contributed by atoms with van der Waals surface area (Å²) in [5, 5.41) is 3.78. The highest BCUT2D eigenvalue weighted by Crippen LogP contribution is 2.18. The molecule has 0 radical (unpaired) electrons.